The molecule has 0 spiro atoms. The van der Waals surface area contributed by atoms with Crippen LogP contribution >= 0.6 is 15.9 Å². The van der Waals surface area contributed by atoms with E-state index in [1.165, 1.54) is 5.56 Å². The van der Waals surface area contributed by atoms with Gasteiger partial charge in [0.05, 0.1) is 0 Å². The SMILES string of the molecule is Cn1c(-c2ccc(C(C)(C)C)cc2)nc(C(=O)O)c1Br. The molecule has 0 radical (unpaired) electrons. The maximum absolute atomic E-state index is 11.1. The van der Waals surface area contributed by atoms with E-state index in [0.29, 0.717) is 10.4 Å². The van der Waals surface area contributed by atoms with Gasteiger partial charge in [-0.25, -0.2) is 9.78 Å². The summed E-state index contributed by atoms with van der Waals surface area (Å²) in [5, 5.41) is 9.10. The number of benzene rings is 1. The van der Waals surface area contributed by atoms with Crippen LogP contribution in [0.4, 0.5) is 0 Å². The van der Waals surface area contributed by atoms with E-state index in [1.807, 2.05) is 12.1 Å². The van der Waals surface area contributed by atoms with Gasteiger partial charge in [-0.15, -0.1) is 0 Å². The number of aromatic carboxylic acids is 1. The molecule has 1 aromatic carbocycles. The lowest BCUT2D eigenvalue weighted by Crippen LogP contribution is -2.10. The highest BCUT2D eigenvalue weighted by molar-refractivity contribution is 9.10. The Kier molecular flexibility index (Phi) is 3.73. The number of rotatable bonds is 2. The zero-order valence-corrected chi connectivity index (χ0v) is 13.5. The number of carbonyl (C=O) groups is 1. The van der Waals surface area contributed by atoms with Crippen molar-refractivity contribution in [1.82, 2.24) is 9.55 Å². The molecule has 0 amide bonds. The van der Waals surface area contributed by atoms with Crippen molar-refractivity contribution in [2.24, 2.45) is 7.05 Å². The minimum Gasteiger partial charge on any atom is -0.476 e. The first-order valence-corrected chi connectivity index (χ1v) is 7.07. The van der Waals surface area contributed by atoms with Crippen molar-refractivity contribution in [3.63, 3.8) is 0 Å². The number of aromatic nitrogens is 2. The van der Waals surface area contributed by atoms with Crippen LogP contribution in [-0.4, -0.2) is 20.6 Å². The summed E-state index contributed by atoms with van der Waals surface area (Å²) in [6, 6.07) is 8.05. The zero-order chi connectivity index (χ0) is 15.1. The van der Waals surface area contributed by atoms with Crippen LogP contribution in [0.2, 0.25) is 0 Å². The third kappa shape index (κ3) is 2.63. The van der Waals surface area contributed by atoms with E-state index in [-0.39, 0.29) is 11.1 Å². The molecule has 4 nitrogen and oxygen atoms in total. The van der Waals surface area contributed by atoms with Gasteiger partial charge in [0.2, 0.25) is 0 Å². The van der Waals surface area contributed by atoms with E-state index in [1.54, 1.807) is 11.6 Å². The molecule has 0 aliphatic carbocycles. The second-order valence-corrected chi connectivity index (χ2v) is 6.52. The summed E-state index contributed by atoms with van der Waals surface area (Å²) in [6.07, 6.45) is 0. The van der Waals surface area contributed by atoms with Gasteiger partial charge in [0.25, 0.3) is 0 Å². The summed E-state index contributed by atoms with van der Waals surface area (Å²) in [7, 11) is 1.79. The molecule has 106 valence electrons. The molecule has 1 aromatic heterocycles. The van der Waals surface area contributed by atoms with Crippen LogP contribution in [0, 0.1) is 0 Å². The summed E-state index contributed by atoms with van der Waals surface area (Å²) in [6.45, 7) is 6.46. The number of nitrogens with zero attached hydrogens (tertiary/aromatic N) is 2. The van der Waals surface area contributed by atoms with Crippen LogP contribution in [0.15, 0.2) is 28.9 Å². The molecule has 20 heavy (non-hydrogen) atoms. The Labute approximate surface area is 126 Å². The molecule has 0 bridgehead atoms. The second kappa shape index (κ2) is 5.05. The fraction of sp³-hybridized carbons (Fsp3) is 0.333. The van der Waals surface area contributed by atoms with Gasteiger partial charge in [-0.1, -0.05) is 45.0 Å². The molecule has 0 aliphatic heterocycles. The summed E-state index contributed by atoms with van der Waals surface area (Å²) in [5.41, 5.74) is 2.25. The Morgan fingerprint density at radius 1 is 1.25 bits per heavy atom. The van der Waals surface area contributed by atoms with Gasteiger partial charge in [0.1, 0.15) is 10.4 Å². The summed E-state index contributed by atoms with van der Waals surface area (Å²) in [5.74, 6) is -0.403. The Balaban J connectivity index is 2.47. The normalized spacial score (nSPS) is 11.7. The third-order valence-electron chi connectivity index (χ3n) is 3.24. The number of carboxylic acids is 1. The van der Waals surface area contributed by atoms with E-state index in [9.17, 15) is 4.79 Å². The first-order valence-electron chi connectivity index (χ1n) is 6.28. The molecule has 1 N–H and O–H groups in total. The van der Waals surface area contributed by atoms with Gasteiger partial charge < -0.3 is 9.67 Å². The number of carboxylic acid groups (broad SMARTS) is 1. The molecule has 0 aliphatic rings. The zero-order valence-electron chi connectivity index (χ0n) is 11.9. The van der Waals surface area contributed by atoms with Gasteiger partial charge in [0, 0.05) is 12.6 Å². The molecule has 0 saturated heterocycles. The first-order chi connectivity index (χ1) is 9.21. The maximum Gasteiger partial charge on any atom is 0.357 e. The Morgan fingerprint density at radius 3 is 2.20 bits per heavy atom. The predicted octanol–water partition coefficient (Wildman–Crippen LogP) is 3.85. The monoisotopic (exact) mass is 336 g/mol. The molecular formula is C15H17BrN2O2. The smallest absolute Gasteiger partial charge is 0.357 e. The van der Waals surface area contributed by atoms with E-state index in [0.717, 1.165) is 5.56 Å². The number of hydrogen-bond acceptors (Lipinski definition) is 2. The van der Waals surface area contributed by atoms with Crippen molar-refractivity contribution in [2.75, 3.05) is 0 Å². The van der Waals surface area contributed by atoms with Gasteiger partial charge in [-0.05, 0) is 26.9 Å². The number of hydrogen-bond donors (Lipinski definition) is 1. The van der Waals surface area contributed by atoms with E-state index in [2.05, 4.69) is 53.8 Å². The Morgan fingerprint density at radius 2 is 1.80 bits per heavy atom. The van der Waals surface area contributed by atoms with Crippen LogP contribution < -0.4 is 0 Å². The predicted molar refractivity (Wildman–Crippen MR) is 82.0 cm³/mol. The standard InChI is InChI=1S/C15H17BrN2O2/c1-15(2,3)10-7-5-9(6-8-10)13-17-11(14(19)20)12(16)18(13)4/h5-8H,1-4H3,(H,19,20). The molecule has 1 heterocycles. The highest BCUT2D eigenvalue weighted by atomic mass is 79.9. The van der Waals surface area contributed by atoms with Crippen molar-refractivity contribution in [1.29, 1.82) is 0 Å². The van der Waals surface area contributed by atoms with Crippen molar-refractivity contribution in [3.05, 3.63) is 40.1 Å². The Bertz CT molecular complexity index is 652. The number of imidazole rings is 1. The maximum atomic E-state index is 11.1. The highest BCUT2D eigenvalue weighted by Crippen LogP contribution is 2.28. The molecule has 2 rings (SSSR count). The minimum absolute atomic E-state index is 0.0300. The number of halogens is 1. The van der Waals surface area contributed by atoms with Crippen LogP contribution in [0.25, 0.3) is 11.4 Å². The van der Waals surface area contributed by atoms with Crippen molar-refractivity contribution in [2.45, 2.75) is 26.2 Å². The fourth-order valence-corrected chi connectivity index (χ4v) is 2.42. The lowest BCUT2D eigenvalue weighted by atomic mass is 9.87. The molecule has 0 unspecified atom stereocenters. The topological polar surface area (TPSA) is 55.1 Å². The lowest BCUT2D eigenvalue weighted by molar-refractivity contribution is 0.0690. The molecule has 0 saturated carbocycles. The van der Waals surface area contributed by atoms with Crippen molar-refractivity contribution >= 4 is 21.9 Å². The van der Waals surface area contributed by atoms with Crippen molar-refractivity contribution < 1.29 is 9.90 Å². The summed E-state index contributed by atoms with van der Waals surface area (Å²) >= 11 is 3.26. The van der Waals surface area contributed by atoms with Gasteiger partial charge >= 0.3 is 5.97 Å². The van der Waals surface area contributed by atoms with Gasteiger partial charge in [-0.2, -0.15) is 0 Å². The molecular weight excluding hydrogens is 320 g/mol. The van der Waals surface area contributed by atoms with Gasteiger partial charge in [0.15, 0.2) is 5.69 Å². The molecule has 5 heteroatoms. The quantitative estimate of drug-likeness (QED) is 0.906. The lowest BCUT2D eigenvalue weighted by Gasteiger charge is -2.19. The van der Waals surface area contributed by atoms with Crippen LogP contribution in [0.1, 0.15) is 36.8 Å². The van der Waals surface area contributed by atoms with Crippen LogP contribution in [0.5, 0.6) is 0 Å². The average Bonchev–Trinajstić information content (AvgIpc) is 2.66. The molecule has 2 aromatic rings. The van der Waals surface area contributed by atoms with E-state index in [4.69, 9.17) is 5.11 Å². The van der Waals surface area contributed by atoms with E-state index < -0.39 is 5.97 Å². The third-order valence-corrected chi connectivity index (χ3v) is 4.14. The summed E-state index contributed by atoms with van der Waals surface area (Å²) in [4.78, 5) is 15.3. The second-order valence-electron chi connectivity index (χ2n) is 5.77. The summed E-state index contributed by atoms with van der Waals surface area (Å²) < 4.78 is 2.20. The minimum atomic E-state index is -1.04. The average molecular weight is 337 g/mol. The fourth-order valence-electron chi connectivity index (χ4n) is 1.99. The van der Waals surface area contributed by atoms with Crippen LogP contribution in [0.3, 0.4) is 0 Å². The largest absolute Gasteiger partial charge is 0.476 e. The molecule has 0 fully saturated rings. The first kappa shape index (κ1) is 14.8. The highest BCUT2D eigenvalue weighted by Gasteiger charge is 2.20. The Hall–Kier alpha value is -1.62. The van der Waals surface area contributed by atoms with Gasteiger partial charge in [-0.3, -0.25) is 0 Å². The van der Waals surface area contributed by atoms with E-state index >= 15 is 0 Å². The van der Waals surface area contributed by atoms with Crippen molar-refractivity contribution in [3.8, 4) is 11.4 Å². The molecule has 0 atom stereocenters. The van der Waals surface area contributed by atoms with Crippen LogP contribution in [-0.2, 0) is 12.5 Å².